The first kappa shape index (κ1) is 13.8. The first-order chi connectivity index (χ1) is 7.39. The lowest BCUT2D eigenvalue weighted by Crippen LogP contribution is -2.19. The van der Waals surface area contributed by atoms with E-state index in [2.05, 4.69) is 31.1 Å². The van der Waals surface area contributed by atoms with Gasteiger partial charge < -0.3 is 5.32 Å². The molecule has 0 fully saturated rings. The molecule has 0 aromatic carbocycles. The Hall–Kier alpha value is -0.260. The topological polar surface area (TPSA) is 42.0 Å². The summed E-state index contributed by atoms with van der Waals surface area (Å²) in [5, 5.41) is 4.44. The third-order valence-electron chi connectivity index (χ3n) is 2.06. The predicted octanol–water partition coefficient (Wildman–Crippen LogP) is 1.91. The first-order valence-electron chi connectivity index (χ1n) is 5.35. The summed E-state index contributed by atoms with van der Waals surface area (Å²) in [6.45, 7) is 8.13. The van der Waals surface area contributed by atoms with Gasteiger partial charge in [-0.15, -0.1) is 11.3 Å². The molecule has 1 rings (SSSR count). The van der Waals surface area contributed by atoms with Gasteiger partial charge in [0, 0.05) is 52.4 Å². The normalized spacial score (nSPS) is 14.0. The molecule has 0 radical (unpaired) electrons. The number of thiazole rings is 1. The van der Waals surface area contributed by atoms with Crippen molar-refractivity contribution >= 4 is 22.1 Å². The quantitative estimate of drug-likeness (QED) is 0.822. The second-order valence-corrected chi connectivity index (χ2v) is 7.51. The van der Waals surface area contributed by atoms with Crippen molar-refractivity contribution in [3.05, 3.63) is 16.1 Å². The maximum Gasteiger partial charge on any atom is 0.0981 e. The smallest absolute Gasteiger partial charge is 0.0981 e. The second kappa shape index (κ2) is 5.89. The van der Waals surface area contributed by atoms with E-state index in [0.29, 0.717) is 5.75 Å². The van der Waals surface area contributed by atoms with E-state index in [1.807, 2.05) is 6.20 Å². The molecule has 1 aromatic rings. The Morgan fingerprint density at radius 3 is 2.69 bits per heavy atom. The molecule has 1 aromatic heterocycles. The summed E-state index contributed by atoms with van der Waals surface area (Å²) in [5.41, 5.74) is 0.133. The van der Waals surface area contributed by atoms with Gasteiger partial charge in [0.05, 0.1) is 5.01 Å². The molecular weight excluding hydrogens is 240 g/mol. The molecular formula is C11H20N2OS2. The van der Waals surface area contributed by atoms with Crippen molar-refractivity contribution in [2.45, 2.75) is 32.7 Å². The minimum Gasteiger partial charge on any atom is -0.311 e. The summed E-state index contributed by atoms with van der Waals surface area (Å²) in [5.74, 6) is 0.713. The van der Waals surface area contributed by atoms with Crippen molar-refractivity contribution < 1.29 is 4.21 Å². The lowest BCUT2D eigenvalue weighted by molar-refractivity contribution is 0.585. The molecule has 0 bridgehead atoms. The van der Waals surface area contributed by atoms with Gasteiger partial charge >= 0.3 is 0 Å². The maximum absolute atomic E-state index is 10.9. The molecule has 1 unspecified atom stereocenters. The maximum atomic E-state index is 10.9. The van der Waals surface area contributed by atoms with E-state index < -0.39 is 10.8 Å². The molecule has 1 atom stereocenters. The van der Waals surface area contributed by atoms with Crippen molar-refractivity contribution in [2.24, 2.45) is 0 Å². The highest BCUT2D eigenvalue weighted by Gasteiger charge is 2.17. The van der Waals surface area contributed by atoms with E-state index in [1.165, 1.54) is 9.88 Å². The van der Waals surface area contributed by atoms with E-state index in [1.54, 1.807) is 17.6 Å². The summed E-state index contributed by atoms with van der Waals surface area (Å²) in [6.07, 6.45) is 3.66. The highest BCUT2D eigenvalue weighted by Crippen LogP contribution is 2.26. The molecule has 0 saturated heterocycles. The van der Waals surface area contributed by atoms with E-state index >= 15 is 0 Å². The molecule has 0 aliphatic rings. The molecule has 0 aliphatic carbocycles. The zero-order chi connectivity index (χ0) is 12.2. The van der Waals surface area contributed by atoms with E-state index in [0.717, 1.165) is 13.1 Å². The molecule has 92 valence electrons. The van der Waals surface area contributed by atoms with Crippen LogP contribution in [-0.4, -0.2) is 27.7 Å². The Morgan fingerprint density at radius 1 is 1.50 bits per heavy atom. The van der Waals surface area contributed by atoms with Crippen LogP contribution in [0.4, 0.5) is 0 Å². The van der Waals surface area contributed by atoms with Gasteiger partial charge in [-0.25, -0.2) is 4.98 Å². The lowest BCUT2D eigenvalue weighted by atomic mass is 9.98. The summed E-state index contributed by atoms with van der Waals surface area (Å²) in [7, 11) is -0.707. The monoisotopic (exact) mass is 260 g/mol. The number of rotatable bonds is 5. The molecule has 5 heteroatoms. The van der Waals surface area contributed by atoms with Crippen molar-refractivity contribution in [1.29, 1.82) is 0 Å². The Labute approximate surface area is 104 Å². The zero-order valence-corrected chi connectivity index (χ0v) is 12.0. The van der Waals surface area contributed by atoms with Crippen LogP contribution in [0.25, 0.3) is 0 Å². The van der Waals surface area contributed by atoms with Gasteiger partial charge in [-0.1, -0.05) is 20.8 Å². The molecule has 1 N–H and O–H groups in total. The minimum atomic E-state index is -0.707. The molecule has 0 saturated carbocycles. The highest BCUT2D eigenvalue weighted by molar-refractivity contribution is 7.84. The minimum absolute atomic E-state index is 0.133. The molecule has 0 spiro atoms. The van der Waals surface area contributed by atoms with Crippen LogP contribution in [0.2, 0.25) is 0 Å². The van der Waals surface area contributed by atoms with E-state index in [-0.39, 0.29) is 5.41 Å². The van der Waals surface area contributed by atoms with Gasteiger partial charge in [-0.3, -0.25) is 4.21 Å². The van der Waals surface area contributed by atoms with Gasteiger partial charge in [0.1, 0.15) is 0 Å². The van der Waals surface area contributed by atoms with Crippen molar-refractivity contribution in [1.82, 2.24) is 10.3 Å². The molecule has 16 heavy (non-hydrogen) atoms. The standard InChI is InChI=1S/C11H20N2OS2/c1-11(2,3)10-13-8-9(15-10)7-12-5-6-16(4)14/h8,12H,5-7H2,1-4H3. The summed E-state index contributed by atoms with van der Waals surface area (Å²) in [4.78, 5) is 5.66. The van der Waals surface area contributed by atoms with Crippen molar-refractivity contribution in [3.8, 4) is 0 Å². The predicted molar refractivity (Wildman–Crippen MR) is 71.5 cm³/mol. The summed E-state index contributed by atoms with van der Waals surface area (Å²) < 4.78 is 10.9. The van der Waals surface area contributed by atoms with E-state index in [4.69, 9.17) is 0 Å². The number of nitrogens with one attached hydrogen (secondary N) is 1. The SMILES string of the molecule is CS(=O)CCNCc1cnc(C(C)(C)C)s1. The fourth-order valence-corrected chi connectivity index (χ4v) is 2.53. The van der Waals surface area contributed by atoms with Crippen LogP contribution in [0, 0.1) is 0 Å². The number of nitrogens with zero attached hydrogens (tertiary/aromatic N) is 1. The van der Waals surface area contributed by atoms with Crippen molar-refractivity contribution in [2.75, 3.05) is 18.6 Å². The lowest BCUT2D eigenvalue weighted by Gasteiger charge is -2.13. The van der Waals surface area contributed by atoms with Gasteiger partial charge in [0.2, 0.25) is 0 Å². The van der Waals surface area contributed by atoms with Gasteiger partial charge in [0.25, 0.3) is 0 Å². The molecule has 1 heterocycles. The first-order valence-corrected chi connectivity index (χ1v) is 7.90. The van der Waals surface area contributed by atoms with Crippen molar-refractivity contribution in [3.63, 3.8) is 0 Å². The van der Waals surface area contributed by atoms with Crippen LogP contribution < -0.4 is 5.32 Å². The highest BCUT2D eigenvalue weighted by atomic mass is 32.2. The average molecular weight is 260 g/mol. The third kappa shape index (κ3) is 4.72. The van der Waals surface area contributed by atoms with Crippen LogP contribution >= 0.6 is 11.3 Å². The van der Waals surface area contributed by atoms with Gasteiger partial charge in [-0.2, -0.15) is 0 Å². The average Bonchev–Trinajstić information content (AvgIpc) is 2.59. The number of aromatic nitrogens is 1. The Bertz CT molecular complexity index is 355. The molecule has 0 aliphatic heterocycles. The Kier molecular flexibility index (Phi) is 5.08. The van der Waals surface area contributed by atoms with Crippen LogP contribution in [0.15, 0.2) is 6.20 Å². The summed E-state index contributed by atoms with van der Waals surface area (Å²) in [6, 6.07) is 0. The Morgan fingerprint density at radius 2 is 2.19 bits per heavy atom. The fraction of sp³-hybridized carbons (Fsp3) is 0.727. The second-order valence-electron chi connectivity index (χ2n) is 4.84. The van der Waals surface area contributed by atoms with Crippen LogP contribution in [0.1, 0.15) is 30.7 Å². The summed E-state index contributed by atoms with van der Waals surface area (Å²) >= 11 is 1.75. The van der Waals surface area contributed by atoms with Crippen LogP contribution in [0.5, 0.6) is 0 Å². The number of hydrogen-bond acceptors (Lipinski definition) is 4. The number of hydrogen-bond donors (Lipinski definition) is 1. The van der Waals surface area contributed by atoms with Gasteiger partial charge in [-0.05, 0) is 0 Å². The molecule has 3 nitrogen and oxygen atoms in total. The molecule has 0 amide bonds. The third-order valence-corrected chi connectivity index (χ3v) is 4.26. The largest absolute Gasteiger partial charge is 0.311 e. The van der Waals surface area contributed by atoms with E-state index in [9.17, 15) is 4.21 Å². The van der Waals surface area contributed by atoms with Crippen LogP contribution in [-0.2, 0) is 22.8 Å². The zero-order valence-electron chi connectivity index (χ0n) is 10.4. The Balaban J connectivity index is 2.38. The van der Waals surface area contributed by atoms with Gasteiger partial charge in [0.15, 0.2) is 0 Å². The van der Waals surface area contributed by atoms with Crippen LogP contribution in [0.3, 0.4) is 0 Å². The fourth-order valence-electron chi connectivity index (χ4n) is 1.16.